The third kappa shape index (κ3) is 5.78. The summed E-state index contributed by atoms with van der Waals surface area (Å²) in [5.74, 6) is 1.96. The van der Waals surface area contributed by atoms with E-state index < -0.39 is 6.10 Å². The number of nitrogens with zero attached hydrogens (tertiary/aromatic N) is 3. The third-order valence-electron chi connectivity index (χ3n) is 6.04. The predicted octanol–water partition coefficient (Wildman–Crippen LogP) is 3.06. The molecule has 2 aromatic rings. The lowest BCUT2D eigenvalue weighted by Crippen LogP contribution is -2.55. The average Bonchev–Trinajstić information content (AvgIpc) is 2.79. The number of β-amino-alcohol motifs (C(OH)–C–C–N with tert-alkyl or cyclic N) is 1. The second kappa shape index (κ2) is 10.0. The highest BCUT2D eigenvalue weighted by Gasteiger charge is 2.37. The van der Waals surface area contributed by atoms with Gasteiger partial charge in [-0.15, -0.1) is 0 Å². The van der Waals surface area contributed by atoms with Gasteiger partial charge in [0.05, 0.1) is 11.6 Å². The average molecular weight is 436 g/mol. The summed E-state index contributed by atoms with van der Waals surface area (Å²) in [5, 5.41) is 19.3. The summed E-state index contributed by atoms with van der Waals surface area (Å²) in [6.45, 7) is 5.78. The van der Waals surface area contributed by atoms with E-state index in [1.54, 1.807) is 24.3 Å². The molecule has 3 atom stereocenters. The number of benzene rings is 2. The van der Waals surface area contributed by atoms with E-state index in [1.165, 1.54) is 0 Å². The smallest absolute Gasteiger partial charge is 0.415 e. The van der Waals surface area contributed by atoms with Crippen LogP contribution in [-0.2, 0) is 0 Å². The first-order valence-electron chi connectivity index (χ1n) is 11.1. The fourth-order valence-electron chi connectivity index (χ4n) is 4.63. The number of likely N-dealkylation sites (tertiary alicyclic amines) is 2. The normalized spacial score (nSPS) is 21.5. The fraction of sp³-hybridized carbons (Fsp3) is 0.440. The van der Waals surface area contributed by atoms with Gasteiger partial charge in [0.15, 0.2) is 0 Å². The van der Waals surface area contributed by atoms with Crippen LogP contribution in [0.25, 0.3) is 0 Å². The van der Waals surface area contributed by atoms with Crippen molar-refractivity contribution in [3.05, 3.63) is 59.7 Å². The minimum Gasteiger partial charge on any atom is -0.491 e. The zero-order chi connectivity index (χ0) is 22.5. The molecule has 2 aliphatic rings. The van der Waals surface area contributed by atoms with E-state index in [0.717, 1.165) is 25.1 Å². The van der Waals surface area contributed by atoms with Gasteiger partial charge in [0.2, 0.25) is 0 Å². The Labute approximate surface area is 188 Å². The Balaban J connectivity index is 1.23. The molecule has 0 radical (unpaired) electrons. The Kier molecular flexibility index (Phi) is 6.93. The van der Waals surface area contributed by atoms with E-state index in [-0.39, 0.29) is 12.7 Å². The lowest BCUT2D eigenvalue weighted by atomic mass is 9.84. The predicted molar refractivity (Wildman–Crippen MR) is 119 cm³/mol. The van der Waals surface area contributed by atoms with Crippen LogP contribution in [0, 0.1) is 30.1 Å². The van der Waals surface area contributed by atoms with Crippen molar-refractivity contribution in [3.8, 4) is 17.6 Å². The Morgan fingerprint density at radius 2 is 1.69 bits per heavy atom. The topological polar surface area (TPSA) is 86.0 Å². The van der Waals surface area contributed by atoms with Crippen molar-refractivity contribution in [1.82, 2.24) is 9.80 Å². The molecule has 2 saturated heterocycles. The van der Waals surface area contributed by atoms with Crippen molar-refractivity contribution in [2.45, 2.75) is 19.4 Å². The number of carbonyl (C=O) groups is 1. The van der Waals surface area contributed by atoms with Gasteiger partial charge in [-0.05, 0) is 61.6 Å². The van der Waals surface area contributed by atoms with Crippen molar-refractivity contribution in [1.29, 1.82) is 5.26 Å². The Bertz CT molecular complexity index is 941. The van der Waals surface area contributed by atoms with Gasteiger partial charge in [0.1, 0.15) is 24.2 Å². The van der Waals surface area contributed by atoms with Crippen molar-refractivity contribution >= 4 is 6.09 Å². The lowest BCUT2D eigenvalue weighted by molar-refractivity contribution is 0.00447. The molecule has 0 aliphatic carbocycles. The molecular weight excluding hydrogens is 406 g/mol. The number of carbonyl (C=O) groups excluding carboxylic acids is 1. The summed E-state index contributed by atoms with van der Waals surface area (Å²) < 4.78 is 11.2. The fourth-order valence-corrected chi connectivity index (χ4v) is 4.63. The van der Waals surface area contributed by atoms with Crippen molar-refractivity contribution < 1.29 is 19.4 Å². The standard InChI is InChI=1S/C25H29N3O4/c1-18-2-6-24(7-3-18)32-25(30)28-14-20-10-21(15-28)13-27(12-20)16-22(29)17-31-23-8-4-19(11-26)5-9-23/h2-9,20-22,29H,10,12-17H2,1H3. The number of rotatable bonds is 6. The van der Waals surface area contributed by atoms with Gasteiger partial charge in [-0.25, -0.2) is 4.79 Å². The Hall–Kier alpha value is -3.08. The van der Waals surface area contributed by atoms with Crippen molar-refractivity contribution in [2.24, 2.45) is 11.8 Å². The number of aryl methyl sites for hydroxylation is 1. The van der Waals surface area contributed by atoms with Gasteiger partial charge in [-0.2, -0.15) is 5.26 Å². The molecule has 0 saturated carbocycles. The first kappa shape index (κ1) is 22.1. The molecule has 0 aromatic heterocycles. The van der Waals surface area contributed by atoms with Crippen LogP contribution in [0.4, 0.5) is 4.79 Å². The van der Waals surface area contributed by atoms with Gasteiger partial charge in [0.25, 0.3) is 0 Å². The molecule has 2 fully saturated rings. The van der Waals surface area contributed by atoms with E-state index in [4.69, 9.17) is 14.7 Å². The number of hydrogen-bond acceptors (Lipinski definition) is 6. The van der Waals surface area contributed by atoms with Gasteiger partial charge in [-0.1, -0.05) is 17.7 Å². The first-order chi connectivity index (χ1) is 15.5. The zero-order valence-electron chi connectivity index (χ0n) is 18.3. The third-order valence-corrected chi connectivity index (χ3v) is 6.04. The maximum absolute atomic E-state index is 12.6. The monoisotopic (exact) mass is 435 g/mol. The molecule has 3 unspecified atom stereocenters. The minimum absolute atomic E-state index is 0.201. The summed E-state index contributed by atoms with van der Waals surface area (Å²) in [7, 11) is 0. The van der Waals surface area contributed by atoms with E-state index in [2.05, 4.69) is 11.0 Å². The number of aliphatic hydroxyl groups excluding tert-OH is 1. The van der Waals surface area contributed by atoms with Crippen LogP contribution >= 0.6 is 0 Å². The van der Waals surface area contributed by atoms with Crippen molar-refractivity contribution in [3.63, 3.8) is 0 Å². The summed E-state index contributed by atoms with van der Waals surface area (Å²) in [5.41, 5.74) is 1.71. The zero-order valence-corrected chi connectivity index (χ0v) is 18.3. The van der Waals surface area contributed by atoms with Crippen LogP contribution in [0.1, 0.15) is 17.5 Å². The summed E-state index contributed by atoms with van der Waals surface area (Å²) in [6, 6.07) is 16.4. The number of nitriles is 1. The van der Waals surface area contributed by atoms with Crippen LogP contribution in [0.3, 0.4) is 0 Å². The molecule has 2 heterocycles. The number of ether oxygens (including phenoxy) is 2. The molecule has 2 aromatic carbocycles. The number of fused-ring (bicyclic) bond motifs is 2. The molecule has 1 amide bonds. The van der Waals surface area contributed by atoms with Gasteiger partial charge in [-0.3, -0.25) is 4.90 Å². The maximum Gasteiger partial charge on any atom is 0.415 e. The van der Waals surface area contributed by atoms with E-state index >= 15 is 0 Å². The molecule has 4 rings (SSSR count). The first-order valence-corrected chi connectivity index (χ1v) is 11.1. The molecule has 2 aliphatic heterocycles. The number of aliphatic hydroxyl groups is 1. The van der Waals surface area contributed by atoms with Gasteiger partial charge in [0, 0.05) is 32.7 Å². The quantitative estimate of drug-likeness (QED) is 0.751. The van der Waals surface area contributed by atoms with Crippen LogP contribution in [0.5, 0.6) is 11.5 Å². The molecule has 7 heteroatoms. The van der Waals surface area contributed by atoms with Crippen LogP contribution in [0.2, 0.25) is 0 Å². The van der Waals surface area contributed by atoms with Crippen molar-refractivity contribution in [2.75, 3.05) is 39.3 Å². The van der Waals surface area contributed by atoms with E-state index in [1.807, 2.05) is 36.1 Å². The highest BCUT2D eigenvalue weighted by molar-refractivity contribution is 5.70. The second-order valence-corrected chi connectivity index (χ2v) is 8.87. The molecule has 0 spiro atoms. The molecule has 168 valence electrons. The summed E-state index contributed by atoms with van der Waals surface area (Å²) in [4.78, 5) is 16.7. The largest absolute Gasteiger partial charge is 0.491 e. The molecule has 2 bridgehead atoms. The lowest BCUT2D eigenvalue weighted by Gasteiger charge is -2.45. The second-order valence-electron chi connectivity index (χ2n) is 8.87. The minimum atomic E-state index is -0.605. The SMILES string of the molecule is Cc1ccc(OC(=O)N2CC3CC(CN(CC(O)COc4ccc(C#N)cc4)C3)C2)cc1. The van der Waals surface area contributed by atoms with E-state index in [9.17, 15) is 9.90 Å². The van der Waals surface area contributed by atoms with Crippen LogP contribution in [-0.4, -0.2) is 66.4 Å². The number of hydrogen-bond donors (Lipinski definition) is 1. The van der Waals surface area contributed by atoms with Crippen LogP contribution < -0.4 is 9.47 Å². The highest BCUT2D eigenvalue weighted by Crippen LogP contribution is 2.29. The van der Waals surface area contributed by atoms with E-state index in [0.29, 0.717) is 48.5 Å². The summed E-state index contributed by atoms with van der Waals surface area (Å²) >= 11 is 0. The maximum atomic E-state index is 12.6. The Morgan fingerprint density at radius 3 is 2.31 bits per heavy atom. The number of amides is 1. The number of piperidine rings is 2. The molecule has 7 nitrogen and oxygen atoms in total. The Morgan fingerprint density at radius 1 is 1.06 bits per heavy atom. The van der Waals surface area contributed by atoms with Gasteiger partial charge < -0.3 is 19.5 Å². The highest BCUT2D eigenvalue weighted by atomic mass is 16.6. The molecule has 1 N–H and O–H groups in total. The molecule has 32 heavy (non-hydrogen) atoms. The summed E-state index contributed by atoms with van der Waals surface area (Å²) in [6.07, 6.45) is 0.211. The van der Waals surface area contributed by atoms with Crippen LogP contribution in [0.15, 0.2) is 48.5 Å². The van der Waals surface area contributed by atoms with Gasteiger partial charge >= 0.3 is 6.09 Å². The molecular formula is C25H29N3O4.